The minimum Gasteiger partial charge on any atom is -0.345 e. The second kappa shape index (κ2) is 8.27. The predicted octanol–water partition coefficient (Wildman–Crippen LogP) is 3.85. The van der Waals surface area contributed by atoms with Crippen LogP contribution < -0.4 is 16.0 Å². The third-order valence-electron chi connectivity index (χ3n) is 4.53. The molecule has 1 aliphatic carbocycles. The highest BCUT2D eigenvalue weighted by Gasteiger charge is 2.27. The van der Waals surface area contributed by atoms with Crippen molar-refractivity contribution in [3.05, 3.63) is 70.8 Å². The molecule has 1 aromatic heterocycles. The summed E-state index contributed by atoms with van der Waals surface area (Å²) < 4.78 is 2.55. The minimum absolute atomic E-state index is 0.221. The molecule has 8 nitrogen and oxygen atoms in total. The second-order valence-corrected chi connectivity index (χ2v) is 7.14. The summed E-state index contributed by atoms with van der Waals surface area (Å²) in [6, 6.07) is 15.9. The fourth-order valence-corrected chi connectivity index (χ4v) is 3.25. The number of H-pyrrole nitrogens is 1. The SMILES string of the molecule is O=C(Nc1ccccc1)Nc1ccc(C(=O)NCc2n[nH]c(=S)n2C2CC2)cc1. The van der Waals surface area contributed by atoms with E-state index in [0.29, 0.717) is 34.3 Å². The second-order valence-electron chi connectivity index (χ2n) is 6.75. The Labute approximate surface area is 172 Å². The van der Waals surface area contributed by atoms with E-state index in [2.05, 4.69) is 26.1 Å². The standard InChI is InChI=1S/C20H20N6O2S/c27-18(21-12-17-24-25-20(29)26(17)16-10-11-16)13-6-8-15(9-7-13)23-19(28)22-14-4-2-1-3-5-14/h1-9,16H,10-12H2,(H,21,27)(H,25,29)(H2,22,23,28). The molecule has 1 saturated carbocycles. The Morgan fingerprint density at radius 2 is 1.69 bits per heavy atom. The molecule has 3 amide bonds. The lowest BCUT2D eigenvalue weighted by molar-refractivity contribution is 0.0949. The van der Waals surface area contributed by atoms with Gasteiger partial charge in [0.25, 0.3) is 5.91 Å². The lowest BCUT2D eigenvalue weighted by atomic mass is 10.2. The van der Waals surface area contributed by atoms with Crippen LogP contribution in [0.1, 0.15) is 35.1 Å². The highest BCUT2D eigenvalue weighted by Crippen LogP contribution is 2.35. The molecule has 0 aliphatic heterocycles. The van der Waals surface area contributed by atoms with Crippen molar-refractivity contribution < 1.29 is 9.59 Å². The Morgan fingerprint density at radius 1 is 1.03 bits per heavy atom. The number of benzene rings is 2. The Bertz CT molecular complexity index is 1070. The zero-order valence-electron chi connectivity index (χ0n) is 15.5. The van der Waals surface area contributed by atoms with Gasteiger partial charge in [-0.2, -0.15) is 5.10 Å². The first-order chi connectivity index (χ1) is 14.1. The van der Waals surface area contributed by atoms with Gasteiger partial charge in [-0.3, -0.25) is 14.5 Å². The van der Waals surface area contributed by atoms with Crippen molar-refractivity contribution in [2.45, 2.75) is 25.4 Å². The number of nitrogens with zero attached hydrogens (tertiary/aromatic N) is 2. The van der Waals surface area contributed by atoms with Crippen molar-refractivity contribution in [3.8, 4) is 0 Å². The van der Waals surface area contributed by atoms with Gasteiger partial charge in [-0.15, -0.1) is 0 Å². The van der Waals surface area contributed by atoms with E-state index >= 15 is 0 Å². The molecule has 1 fully saturated rings. The topological polar surface area (TPSA) is 104 Å². The van der Waals surface area contributed by atoms with Crippen molar-refractivity contribution in [1.29, 1.82) is 0 Å². The van der Waals surface area contributed by atoms with Gasteiger partial charge in [0.1, 0.15) is 0 Å². The Hall–Kier alpha value is -3.46. The molecule has 9 heteroatoms. The average Bonchev–Trinajstić information content (AvgIpc) is 3.49. The number of carbonyl (C=O) groups excluding carboxylic acids is 2. The van der Waals surface area contributed by atoms with Crippen molar-refractivity contribution >= 4 is 35.5 Å². The smallest absolute Gasteiger partial charge is 0.323 e. The Kier molecular flexibility index (Phi) is 5.39. The van der Waals surface area contributed by atoms with E-state index in [1.807, 2.05) is 22.8 Å². The summed E-state index contributed by atoms with van der Waals surface area (Å²) in [5.74, 6) is 0.503. The maximum absolute atomic E-state index is 12.4. The van der Waals surface area contributed by atoms with E-state index in [4.69, 9.17) is 12.2 Å². The highest BCUT2D eigenvalue weighted by molar-refractivity contribution is 7.71. The molecule has 0 bridgehead atoms. The van der Waals surface area contributed by atoms with Crippen LogP contribution in [0, 0.1) is 4.77 Å². The number of rotatable bonds is 6. The number of urea groups is 1. The molecule has 0 radical (unpaired) electrons. The molecule has 3 aromatic rings. The number of hydrogen-bond acceptors (Lipinski definition) is 4. The number of carbonyl (C=O) groups is 2. The molecule has 0 atom stereocenters. The van der Waals surface area contributed by atoms with Crippen molar-refractivity contribution in [2.75, 3.05) is 10.6 Å². The number of aromatic nitrogens is 3. The van der Waals surface area contributed by atoms with Crippen molar-refractivity contribution in [1.82, 2.24) is 20.1 Å². The summed E-state index contributed by atoms with van der Waals surface area (Å²) in [7, 11) is 0. The largest absolute Gasteiger partial charge is 0.345 e. The van der Waals surface area contributed by atoms with Crippen molar-refractivity contribution in [3.63, 3.8) is 0 Å². The first-order valence-electron chi connectivity index (χ1n) is 9.27. The number of nitrogens with one attached hydrogen (secondary N) is 4. The maximum Gasteiger partial charge on any atom is 0.323 e. The molecular formula is C20H20N6O2S. The molecule has 0 unspecified atom stereocenters. The normalized spacial score (nSPS) is 13.0. The molecule has 4 rings (SSSR count). The van der Waals surface area contributed by atoms with Crippen LogP contribution in [0.15, 0.2) is 54.6 Å². The number of aromatic amines is 1. The zero-order valence-corrected chi connectivity index (χ0v) is 16.3. The van der Waals surface area contributed by atoms with E-state index in [1.54, 1.807) is 36.4 Å². The van der Waals surface area contributed by atoms with E-state index in [0.717, 1.165) is 18.7 Å². The minimum atomic E-state index is -0.351. The first-order valence-corrected chi connectivity index (χ1v) is 9.68. The quantitative estimate of drug-likeness (QED) is 0.465. The lowest BCUT2D eigenvalue weighted by Crippen LogP contribution is -2.25. The third kappa shape index (κ3) is 4.69. The molecule has 1 aliphatic rings. The van der Waals surface area contributed by atoms with Crippen LogP contribution in [0.2, 0.25) is 0 Å². The number of amides is 3. The van der Waals surface area contributed by atoms with Gasteiger partial charge >= 0.3 is 6.03 Å². The van der Waals surface area contributed by atoms with Crippen LogP contribution in [0.3, 0.4) is 0 Å². The fraction of sp³-hybridized carbons (Fsp3) is 0.200. The van der Waals surface area contributed by atoms with Gasteiger partial charge in [0.05, 0.1) is 6.54 Å². The molecular weight excluding hydrogens is 388 g/mol. The van der Waals surface area contributed by atoms with Gasteiger partial charge in [-0.1, -0.05) is 18.2 Å². The Balaban J connectivity index is 1.32. The van der Waals surface area contributed by atoms with Crippen LogP contribution in [0.25, 0.3) is 0 Å². The van der Waals surface area contributed by atoms with Crippen LogP contribution >= 0.6 is 12.2 Å². The molecule has 0 saturated heterocycles. The number of hydrogen-bond donors (Lipinski definition) is 4. The zero-order chi connectivity index (χ0) is 20.2. The summed E-state index contributed by atoms with van der Waals surface area (Å²) in [4.78, 5) is 24.4. The monoisotopic (exact) mass is 408 g/mol. The van der Waals surface area contributed by atoms with Crippen LogP contribution in [0.4, 0.5) is 16.2 Å². The molecule has 148 valence electrons. The molecule has 4 N–H and O–H groups in total. The Morgan fingerprint density at radius 3 is 2.34 bits per heavy atom. The molecule has 29 heavy (non-hydrogen) atoms. The van der Waals surface area contributed by atoms with E-state index < -0.39 is 0 Å². The van der Waals surface area contributed by atoms with E-state index in [-0.39, 0.29) is 11.9 Å². The van der Waals surface area contributed by atoms with Crippen LogP contribution in [0.5, 0.6) is 0 Å². The van der Waals surface area contributed by atoms with Crippen LogP contribution in [-0.4, -0.2) is 26.7 Å². The van der Waals surface area contributed by atoms with Crippen molar-refractivity contribution in [2.24, 2.45) is 0 Å². The average molecular weight is 408 g/mol. The van der Waals surface area contributed by atoms with Crippen LogP contribution in [-0.2, 0) is 6.54 Å². The first kappa shape index (κ1) is 18.9. The molecule has 2 aromatic carbocycles. The van der Waals surface area contributed by atoms with Gasteiger partial charge in [-0.25, -0.2) is 4.79 Å². The predicted molar refractivity (Wildman–Crippen MR) is 112 cm³/mol. The summed E-state index contributed by atoms with van der Waals surface area (Å²) >= 11 is 5.24. The maximum atomic E-state index is 12.4. The summed E-state index contributed by atoms with van der Waals surface area (Å²) in [6.45, 7) is 0.294. The molecule has 0 spiro atoms. The van der Waals surface area contributed by atoms with Gasteiger partial charge in [-0.05, 0) is 61.5 Å². The van der Waals surface area contributed by atoms with Gasteiger partial charge in [0, 0.05) is 23.0 Å². The fourth-order valence-electron chi connectivity index (χ4n) is 2.95. The van der Waals surface area contributed by atoms with E-state index in [1.165, 1.54) is 0 Å². The number of anilines is 2. The highest BCUT2D eigenvalue weighted by atomic mass is 32.1. The third-order valence-corrected chi connectivity index (χ3v) is 4.82. The molecule has 1 heterocycles. The van der Waals surface area contributed by atoms with Gasteiger partial charge in [0.2, 0.25) is 0 Å². The van der Waals surface area contributed by atoms with E-state index in [9.17, 15) is 9.59 Å². The summed E-state index contributed by atoms with van der Waals surface area (Å²) in [5, 5.41) is 15.3. The van der Waals surface area contributed by atoms with Gasteiger partial charge < -0.3 is 16.0 Å². The lowest BCUT2D eigenvalue weighted by Gasteiger charge is -2.09. The number of para-hydroxylation sites is 1. The van der Waals surface area contributed by atoms with Gasteiger partial charge in [0.15, 0.2) is 10.6 Å². The summed E-state index contributed by atoms with van der Waals surface area (Å²) in [5.41, 5.74) is 1.78. The summed E-state index contributed by atoms with van der Waals surface area (Å²) in [6.07, 6.45) is 2.17.